The number of rotatable bonds is 1. The van der Waals surface area contributed by atoms with E-state index in [4.69, 9.17) is 5.73 Å². The highest BCUT2D eigenvalue weighted by Gasteiger charge is 2.40. The molecule has 1 aromatic heterocycles. The molecule has 1 aromatic rings. The van der Waals surface area contributed by atoms with E-state index >= 15 is 0 Å². The van der Waals surface area contributed by atoms with Crippen LogP contribution in [0.25, 0.3) is 6.08 Å². The number of halogens is 2. The van der Waals surface area contributed by atoms with Gasteiger partial charge < -0.3 is 5.73 Å². The van der Waals surface area contributed by atoms with Crippen LogP contribution >= 0.6 is 0 Å². The van der Waals surface area contributed by atoms with Gasteiger partial charge in [0.15, 0.2) is 5.82 Å². The number of anilines is 1. The minimum absolute atomic E-state index is 0.0868. The maximum Gasteiger partial charge on any atom is 0.290 e. The first kappa shape index (κ1) is 9.18. The van der Waals surface area contributed by atoms with Crippen molar-refractivity contribution in [3.63, 3.8) is 0 Å². The molecule has 0 amide bonds. The lowest BCUT2D eigenvalue weighted by atomic mass is 10.0. The summed E-state index contributed by atoms with van der Waals surface area (Å²) in [5.74, 6) is -2.69. The monoisotopic (exact) mass is 199 g/mol. The summed E-state index contributed by atoms with van der Waals surface area (Å²) in [4.78, 5) is 0. The fourth-order valence-electron chi connectivity index (χ4n) is 1.81. The van der Waals surface area contributed by atoms with Gasteiger partial charge in [-0.1, -0.05) is 12.7 Å². The zero-order valence-electron chi connectivity index (χ0n) is 7.63. The summed E-state index contributed by atoms with van der Waals surface area (Å²) in [7, 11) is 0. The number of aromatic nitrogens is 2. The largest absolute Gasteiger partial charge is 0.382 e. The van der Waals surface area contributed by atoms with Crippen LogP contribution < -0.4 is 5.73 Å². The van der Waals surface area contributed by atoms with E-state index in [0.717, 1.165) is 0 Å². The molecule has 0 radical (unpaired) electrons. The molecule has 0 spiro atoms. The molecule has 2 rings (SSSR count). The van der Waals surface area contributed by atoms with Crippen molar-refractivity contribution >= 4 is 11.9 Å². The number of nitrogens with zero attached hydrogens (tertiary/aromatic N) is 2. The van der Waals surface area contributed by atoms with Crippen LogP contribution in [0.2, 0.25) is 0 Å². The van der Waals surface area contributed by atoms with E-state index in [2.05, 4.69) is 11.7 Å². The summed E-state index contributed by atoms with van der Waals surface area (Å²) in [5.41, 5.74) is 5.70. The molecule has 0 saturated carbocycles. The summed E-state index contributed by atoms with van der Waals surface area (Å²) >= 11 is 0. The second-order valence-corrected chi connectivity index (χ2v) is 3.38. The molecule has 3 nitrogen and oxygen atoms in total. The Kier molecular flexibility index (Phi) is 1.83. The van der Waals surface area contributed by atoms with Gasteiger partial charge in [-0.2, -0.15) is 13.9 Å². The molecule has 0 bridgehead atoms. The average molecular weight is 199 g/mol. The SMILES string of the molecule is C=Cc1c(N)nn2c1C(F)(F)CCC2. The molecule has 0 unspecified atom stereocenters. The predicted molar refractivity (Wildman–Crippen MR) is 49.9 cm³/mol. The molecule has 1 aliphatic rings. The standard InChI is InChI=1S/C9H11F2N3/c1-2-6-7-9(10,11)4-3-5-14(7)13-8(6)12/h2H,1,3-5H2,(H2,12,13). The van der Waals surface area contributed by atoms with E-state index in [1.54, 1.807) is 0 Å². The number of hydrogen-bond donors (Lipinski definition) is 1. The third-order valence-electron chi connectivity index (χ3n) is 2.43. The molecule has 0 fully saturated rings. The lowest BCUT2D eigenvalue weighted by Crippen LogP contribution is -2.26. The Hall–Kier alpha value is -1.39. The second kappa shape index (κ2) is 2.80. The van der Waals surface area contributed by atoms with Crippen LogP contribution in [0.15, 0.2) is 6.58 Å². The van der Waals surface area contributed by atoms with Gasteiger partial charge in [-0.15, -0.1) is 0 Å². The first-order valence-corrected chi connectivity index (χ1v) is 4.43. The van der Waals surface area contributed by atoms with Crippen molar-refractivity contribution in [3.05, 3.63) is 17.8 Å². The number of nitrogens with two attached hydrogens (primary N) is 1. The molecular weight excluding hydrogens is 188 g/mol. The van der Waals surface area contributed by atoms with Gasteiger partial charge in [-0.25, -0.2) is 0 Å². The zero-order chi connectivity index (χ0) is 10.3. The predicted octanol–water partition coefficient (Wildman–Crippen LogP) is 1.99. The Balaban J connectivity index is 2.65. The quantitative estimate of drug-likeness (QED) is 0.751. The molecule has 0 aliphatic carbocycles. The van der Waals surface area contributed by atoms with Gasteiger partial charge in [0, 0.05) is 18.5 Å². The van der Waals surface area contributed by atoms with Crippen molar-refractivity contribution in [2.45, 2.75) is 25.3 Å². The number of aryl methyl sites for hydroxylation is 1. The van der Waals surface area contributed by atoms with E-state index in [0.29, 0.717) is 13.0 Å². The third-order valence-corrected chi connectivity index (χ3v) is 2.43. The topological polar surface area (TPSA) is 43.8 Å². The third kappa shape index (κ3) is 1.12. The highest BCUT2D eigenvalue weighted by molar-refractivity contribution is 5.63. The van der Waals surface area contributed by atoms with Crippen LogP contribution in [0.1, 0.15) is 24.1 Å². The number of alkyl halides is 2. The normalized spacial score (nSPS) is 19.0. The number of fused-ring (bicyclic) bond motifs is 1. The van der Waals surface area contributed by atoms with Gasteiger partial charge in [0.25, 0.3) is 5.92 Å². The Morgan fingerprint density at radius 1 is 1.57 bits per heavy atom. The highest BCUT2D eigenvalue weighted by Crippen LogP contribution is 2.40. The lowest BCUT2D eigenvalue weighted by Gasteiger charge is -2.23. The van der Waals surface area contributed by atoms with Crippen LogP contribution in [-0.4, -0.2) is 9.78 Å². The number of hydrogen-bond acceptors (Lipinski definition) is 2. The van der Waals surface area contributed by atoms with E-state index < -0.39 is 5.92 Å². The highest BCUT2D eigenvalue weighted by atomic mass is 19.3. The van der Waals surface area contributed by atoms with Crippen LogP contribution in [0.4, 0.5) is 14.6 Å². The second-order valence-electron chi connectivity index (χ2n) is 3.38. The van der Waals surface area contributed by atoms with Gasteiger partial charge in [-0.05, 0) is 6.42 Å². The van der Waals surface area contributed by atoms with E-state index in [-0.39, 0.29) is 23.5 Å². The van der Waals surface area contributed by atoms with Crippen LogP contribution in [0, 0.1) is 0 Å². The van der Waals surface area contributed by atoms with E-state index in [1.165, 1.54) is 10.8 Å². The Labute approximate surface area is 80.2 Å². The molecule has 0 aromatic carbocycles. The fraction of sp³-hybridized carbons (Fsp3) is 0.444. The fourth-order valence-corrected chi connectivity index (χ4v) is 1.81. The van der Waals surface area contributed by atoms with Crippen molar-refractivity contribution in [1.82, 2.24) is 9.78 Å². The van der Waals surface area contributed by atoms with Crippen molar-refractivity contribution in [1.29, 1.82) is 0 Å². The first-order chi connectivity index (χ1) is 6.56. The molecule has 0 atom stereocenters. The smallest absolute Gasteiger partial charge is 0.290 e. The number of nitrogen functional groups attached to an aromatic ring is 1. The minimum Gasteiger partial charge on any atom is -0.382 e. The summed E-state index contributed by atoms with van der Waals surface area (Å²) in [6, 6.07) is 0. The first-order valence-electron chi connectivity index (χ1n) is 4.43. The Morgan fingerprint density at radius 2 is 2.29 bits per heavy atom. The Morgan fingerprint density at radius 3 is 2.93 bits per heavy atom. The van der Waals surface area contributed by atoms with Crippen LogP contribution in [0.3, 0.4) is 0 Å². The summed E-state index contributed by atoms with van der Waals surface area (Å²) in [6.45, 7) is 3.97. The van der Waals surface area contributed by atoms with Gasteiger partial charge in [0.1, 0.15) is 5.69 Å². The average Bonchev–Trinajstić information content (AvgIpc) is 2.41. The summed E-state index contributed by atoms with van der Waals surface area (Å²) in [5, 5.41) is 3.86. The molecular formula is C9H11F2N3. The van der Waals surface area contributed by atoms with Gasteiger partial charge in [0.05, 0.1) is 0 Å². The van der Waals surface area contributed by atoms with Crippen LogP contribution in [0.5, 0.6) is 0 Å². The minimum atomic E-state index is -2.83. The molecule has 0 saturated heterocycles. The van der Waals surface area contributed by atoms with Crippen molar-refractivity contribution in [2.75, 3.05) is 5.73 Å². The molecule has 2 N–H and O–H groups in total. The molecule has 76 valence electrons. The Bertz CT molecular complexity index is 382. The maximum atomic E-state index is 13.5. The van der Waals surface area contributed by atoms with Gasteiger partial charge in [0.2, 0.25) is 0 Å². The maximum absolute atomic E-state index is 13.5. The van der Waals surface area contributed by atoms with E-state index in [1.807, 2.05) is 0 Å². The van der Waals surface area contributed by atoms with E-state index in [9.17, 15) is 8.78 Å². The zero-order valence-corrected chi connectivity index (χ0v) is 7.63. The summed E-state index contributed by atoms with van der Waals surface area (Å²) < 4.78 is 28.3. The lowest BCUT2D eigenvalue weighted by molar-refractivity contribution is -0.0366. The van der Waals surface area contributed by atoms with Crippen molar-refractivity contribution < 1.29 is 8.78 Å². The van der Waals surface area contributed by atoms with Gasteiger partial charge in [-0.3, -0.25) is 4.68 Å². The molecule has 2 heterocycles. The van der Waals surface area contributed by atoms with Crippen molar-refractivity contribution in [3.8, 4) is 0 Å². The van der Waals surface area contributed by atoms with Crippen LogP contribution in [-0.2, 0) is 12.5 Å². The molecule has 5 heteroatoms. The molecule has 1 aliphatic heterocycles. The molecule has 14 heavy (non-hydrogen) atoms. The summed E-state index contributed by atoms with van der Waals surface area (Å²) in [6.07, 6.45) is 1.63. The van der Waals surface area contributed by atoms with Crippen molar-refractivity contribution in [2.24, 2.45) is 0 Å². The van der Waals surface area contributed by atoms with Gasteiger partial charge >= 0.3 is 0 Å².